The zero-order chi connectivity index (χ0) is 12.4. The summed E-state index contributed by atoms with van der Waals surface area (Å²) in [6, 6.07) is 7.82. The Morgan fingerprint density at radius 1 is 1.18 bits per heavy atom. The molecule has 2 rings (SSSR count). The fraction of sp³-hybridized carbons (Fsp3) is 0.167. The summed E-state index contributed by atoms with van der Waals surface area (Å²) in [4.78, 5) is 8.80. The third-order valence-corrected chi connectivity index (χ3v) is 4.36. The van der Waals surface area contributed by atoms with Gasteiger partial charge in [0, 0.05) is 10.0 Å². The molecule has 0 amide bonds. The normalized spacial score (nSPS) is 10.6. The van der Waals surface area contributed by atoms with E-state index >= 15 is 0 Å². The summed E-state index contributed by atoms with van der Waals surface area (Å²) in [6.45, 7) is 2.03. The van der Waals surface area contributed by atoms with E-state index in [4.69, 9.17) is 11.6 Å². The van der Waals surface area contributed by atoms with Crippen molar-refractivity contribution in [3.8, 4) is 11.4 Å². The second-order valence-corrected chi connectivity index (χ2v) is 5.44. The summed E-state index contributed by atoms with van der Waals surface area (Å²) in [5.74, 6) is 0.641. The minimum absolute atomic E-state index is 0.447. The second kappa shape index (κ2) is 5.46. The predicted octanol–water partition coefficient (Wildman–Crippen LogP) is 4.88. The van der Waals surface area contributed by atoms with Crippen LogP contribution in [0.25, 0.3) is 11.4 Å². The highest BCUT2D eigenvalue weighted by atomic mass is 79.9. The molecule has 0 saturated heterocycles. The van der Waals surface area contributed by atoms with Crippen molar-refractivity contribution in [3.63, 3.8) is 0 Å². The maximum Gasteiger partial charge on any atom is 0.162 e. The van der Waals surface area contributed by atoms with E-state index < -0.39 is 0 Å². The molecule has 1 heterocycles. The van der Waals surface area contributed by atoms with Gasteiger partial charge in [0.15, 0.2) is 5.82 Å². The van der Waals surface area contributed by atoms with Gasteiger partial charge in [0.05, 0.1) is 10.2 Å². The first-order valence-electron chi connectivity index (χ1n) is 5.10. The van der Waals surface area contributed by atoms with E-state index in [-0.39, 0.29) is 0 Å². The van der Waals surface area contributed by atoms with Crippen LogP contribution in [0.5, 0.6) is 0 Å². The first-order chi connectivity index (χ1) is 8.13. The average molecular weight is 376 g/mol. The van der Waals surface area contributed by atoms with E-state index in [9.17, 15) is 0 Å². The number of hydrogen-bond acceptors (Lipinski definition) is 2. The van der Waals surface area contributed by atoms with Crippen LogP contribution in [0, 0.1) is 0 Å². The summed E-state index contributed by atoms with van der Waals surface area (Å²) in [5.41, 5.74) is 1.85. The van der Waals surface area contributed by atoms with Gasteiger partial charge in [-0.25, -0.2) is 9.97 Å². The average Bonchev–Trinajstić information content (AvgIpc) is 2.33. The first kappa shape index (κ1) is 13.0. The molecular formula is C12H9Br2ClN2. The van der Waals surface area contributed by atoms with Crippen LogP contribution in [0.1, 0.15) is 12.6 Å². The molecule has 17 heavy (non-hydrogen) atoms. The van der Waals surface area contributed by atoms with Gasteiger partial charge in [0.1, 0.15) is 5.15 Å². The van der Waals surface area contributed by atoms with Gasteiger partial charge >= 0.3 is 0 Å². The SMILES string of the molecule is CCc1nc(-c2ccccc2Br)nc(Cl)c1Br. The molecular weight excluding hydrogens is 367 g/mol. The Morgan fingerprint density at radius 3 is 2.53 bits per heavy atom. The van der Waals surface area contributed by atoms with Crippen molar-refractivity contribution in [2.24, 2.45) is 0 Å². The van der Waals surface area contributed by atoms with E-state index in [0.29, 0.717) is 11.0 Å². The highest BCUT2D eigenvalue weighted by Gasteiger charge is 2.12. The Kier molecular flexibility index (Phi) is 4.17. The van der Waals surface area contributed by atoms with Gasteiger partial charge in [-0.05, 0) is 28.4 Å². The number of hydrogen-bond donors (Lipinski definition) is 0. The summed E-state index contributed by atoms with van der Waals surface area (Å²) in [6.07, 6.45) is 0.806. The first-order valence-corrected chi connectivity index (χ1v) is 7.06. The molecule has 0 saturated carbocycles. The Labute approximate surface area is 122 Å². The molecule has 1 aromatic heterocycles. The lowest BCUT2D eigenvalue weighted by Gasteiger charge is -2.07. The van der Waals surface area contributed by atoms with Crippen molar-refractivity contribution in [1.82, 2.24) is 9.97 Å². The van der Waals surface area contributed by atoms with Gasteiger partial charge in [0.25, 0.3) is 0 Å². The van der Waals surface area contributed by atoms with Gasteiger partial charge in [-0.1, -0.05) is 52.7 Å². The van der Waals surface area contributed by atoms with Gasteiger partial charge in [0.2, 0.25) is 0 Å². The van der Waals surface area contributed by atoms with E-state index in [1.165, 1.54) is 0 Å². The number of benzene rings is 1. The molecule has 2 nitrogen and oxygen atoms in total. The number of rotatable bonds is 2. The number of aromatic nitrogens is 2. The lowest BCUT2D eigenvalue weighted by atomic mass is 10.2. The van der Waals surface area contributed by atoms with E-state index in [0.717, 1.165) is 26.6 Å². The molecule has 0 unspecified atom stereocenters. The summed E-state index contributed by atoms with van der Waals surface area (Å²) in [5, 5.41) is 0.447. The highest BCUT2D eigenvalue weighted by Crippen LogP contribution is 2.30. The van der Waals surface area contributed by atoms with Crippen molar-refractivity contribution in [2.75, 3.05) is 0 Å². The molecule has 0 N–H and O–H groups in total. The molecule has 0 aliphatic heterocycles. The molecule has 2 aromatic rings. The third-order valence-electron chi connectivity index (χ3n) is 2.33. The zero-order valence-corrected chi connectivity index (χ0v) is 13.0. The van der Waals surface area contributed by atoms with Crippen LogP contribution in [0.2, 0.25) is 5.15 Å². The molecule has 0 atom stereocenters. The van der Waals surface area contributed by atoms with Crippen LogP contribution in [-0.2, 0) is 6.42 Å². The van der Waals surface area contributed by atoms with Crippen LogP contribution >= 0.6 is 43.5 Å². The largest absolute Gasteiger partial charge is 0.232 e. The molecule has 0 aliphatic carbocycles. The molecule has 0 radical (unpaired) electrons. The minimum Gasteiger partial charge on any atom is -0.232 e. The Morgan fingerprint density at radius 2 is 1.88 bits per heavy atom. The van der Waals surface area contributed by atoms with Crippen LogP contribution in [0.3, 0.4) is 0 Å². The monoisotopic (exact) mass is 374 g/mol. The van der Waals surface area contributed by atoms with Crippen molar-refractivity contribution in [3.05, 3.63) is 44.1 Å². The molecule has 0 fully saturated rings. The van der Waals surface area contributed by atoms with Crippen LogP contribution < -0.4 is 0 Å². The van der Waals surface area contributed by atoms with Crippen LogP contribution in [0.15, 0.2) is 33.2 Å². The maximum absolute atomic E-state index is 6.09. The van der Waals surface area contributed by atoms with Crippen molar-refractivity contribution >= 4 is 43.5 Å². The smallest absolute Gasteiger partial charge is 0.162 e. The van der Waals surface area contributed by atoms with E-state index in [1.54, 1.807) is 0 Å². The standard InChI is InChI=1S/C12H9Br2ClN2/c1-2-9-10(14)11(15)17-12(16-9)7-5-3-4-6-8(7)13/h3-6H,2H2,1H3. The summed E-state index contributed by atoms with van der Waals surface area (Å²) < 4.78 is 1.73. The van der Waals surface area contributed by atoms with Crippen molar-refractivity contribution < 1.29 is 0 Å². The molecule has 5 heteroatoms. The number of halogens is 3. The van der Waals surface area contributed by atoms with E-state index in [2.05, 4.69) is 41.8 Å². The number of aryl methyl sites for hydroxylation is 1. The lowest BCUT2D eigenvalue weighted by Crippen LogP contribution is -1.97. The topological polar surface area (TPSA) is 25.8 Å². The van der Waals surface area contributed by atoms with Gasteiger partial charge in [-0.3, -0.25) is 0 Å². The zero-order valence-electron chi connectivity index (χ0n) is 9.04. The molecule has 0 spiro atoms. The van der Waals surface area contributed by atoms with Crippen molar-refractivity contribution in [1.29, 1.82) is 0 Å². The van der Waals surface area contributed by atoms with Crippen LogP contribution in [-0.4, -0.2) is 9.97 Å². The fourth-order valence-electron chi connectivity index (χ4n) is 1.46. The van der Waals surface area contributed by atoms with Gasteiger partial charge in [-0.15, -0.1) is 0 Å². The second-order valence-electron chi connectivity index (χ2n) is 3.43. The van der Waals surface area contributed by atoms with E-state index in [1.807, 2.05) is 31.2 Å². The molecule has 0 aliphatic rings. The molecule has 88 valence electrons. The minimum atomic E-state index is 0.447. The molecule has 0 bridgehead atoms. The Hall–Kier alpha value is -0.450. The third kappa shape index (κ3) is 2.69. The van der Waals surface area contributed by atoms with Crippen LogP contribution in [0.4, 0.5) is 0 Å². The van der Waals surface area contributed by atoms with Gasteiger partial charge in [-0.2, -0.15) is 0 Å². The lowest BCUT2D eigenvalue weighted by molar-refractivity contribution is 0.990. The fourth-order valence-corrected chi connectivity index (χ4v) is 2.57. The Bertz CT molecular complexity index is 558. The summed E-state index contributed by atoms with van der Waals surface area (Å²) >= 11 is 13.0. The predicted molar refractivity (Wildman–Crippen MR) is 77.3 cm³/mol. The maximum atomic E-state index is 6.09. The number of nitrogens with zero attached hydrogens (tertiary/aromatic N) is 2. The summed E-state index contributed by atoms with van der Waals surface area (Å²) in [7, 11) is 0. The molecule has 1 aromatic carbocycles. The Balaban J connectivity index is 2.61. The van der Waals surface area contributed by atoms with Gasteiger partial charge < -0.3 is 0 Å². The quantitative estimate of drug-likeness (QED) is 0.698. The highest BCUT2D eigenvalue weighted by molar-refractivity contribution is 9.11. The van der Waals surface area contributed by atoms with Crippen molar-refractivity contribution in [2.45, 2.75) is 13.3 Å².